The Kier molecular flexibility index (Phi) is 5.54. The van der Waals surface area contributed by atoms with Crippen LogP contribution < -0.4 is 4.72 Å². The first-order valence-electron chi connectivity index (χ1n) is 6.94. The average molecular weight is 352 g/mol. The lowest BCUT2D eigenvalue weighted by Gasteiger charge is -2.27. The fourth-order valence-electron chi connectivity index (χ4n) is 2.72. The molecule has 7 heteroatoms. The van der Waals surface area contributed by atoms with E-state index in [1.165, 1.54) is 12.1 Å². The molecule has 21 heavy (non-hydrogen) atoms. The second-order valence-corrected chi connectivity index (χ2v) is 8.12. The number of halogens is 2. The Morgan fingerprint density at radius 3 is 2.62 bits per heavy atom. The van der Waals surface area contributed by atoms with E-state index < -0.39 is 10.0 Å². The van der Waals surface area contributed by atoms with Crippen molar-refractivity contribution in [3.05, 3.63) is 27.7 Å². The van der Waals surface area contributed by atoms with Crippen LogP contribution in [0.2, 0.25) is 10.0 Å². The van der Waals surface area contributed by atoms with Crippen LogP contribution in [-0.2, 0) is 16.6 Å². The maximum atomic E-state index is 12.5. The number of rotatable bonds is 4. The predicted molar refractivity (Wildman–Crippen MR) is 84.1 cm³/mol. The van der Waals surface area contributed by atoms with Crippen molar-refractivity contribution >= 4 is 33.2 Å². The molecule has 0 aromatic heterocycles. The highest BCUT2D eigenvalue weighted by atomic mass is 35.5. The van der Waals surface area contributed by atoms with Gasteiger partial charge in [-0.3, -0.25) is 0 Å². The Bertz CT molecular complexity index is 619. The molecule has 0 saturated heterocycles. The lowest BCUT2D eigenvalue weighted by Crippen LogP contribution is -2.38. The zero-order chi connectivity index (χ0) is 15.6. The lowest BCUT2D eigenvalue weighted by atomic mass is 9.88. The van der Waals surface area contributed by atoms with Gasteiger partial charge in [-0.1, -0.05) is 43.0 Å². The first-order valence-corrected chi connectivity index (χ1v) is 9.18. The Morgan fingerprint density at radius 2 is 2.00 bits per heavy atom. The van der Waals surface area contributed by atoms with Gasteiger partial charge in [-0.05, 0) is 36.5 Å². The molecule has 1 saturated carbocycles. The van der Waals surface area contributed by atoms with Crippen molar-refractivity contribution in [1.82, 2.24) is 4.72 Å². The fourth-order valence-corrected chi connectivity index (χ4v) is 4.86. The molecule has 0 heterocycles. The van der Waals surface area contributed by atoms with Crippen LogP contribution in [0.3, 0.4) is 0 Å². The number of nitrogens with one attached hydrogen (secondary N) is 1. The summed E-state index contributed by atoms with van der Waals surface area (Å²) in [7, 11) is -3.72. The Balaban J connectivity index is 2.27. The Hall–Kier alpha value is -0.330. The Labute approximate surface area is 135 Å². The molecule has 0 aliphatic heterocycles. The summed E-state index contributed by atoms with van der Waals surface area (Å²) >= 11 is 11.9. The highest BCUT2D eigenvalue weighted by Crippen LogP contribution is 2.30. The van der Waals surface area contributed by atoms with E-state index in [9.17, 15) is 13.5 Å². The lowest BCUT2D eigenvalue weighted by molar-refractivity contribution is 0.281. The van der Waals surface area contributed by atoms with Crippen molar-refractivity contribution < 1.29 is 13.5 Å². The van der Waals surface area contributed by atoms with Gasteiger partial charge < -0.3 is 5.11 Å². The van der Waals surface area contributed by atoms with E-state index in [0.29, 0.717) is 11.5 Å². The maximum Gasteiger partial charge on any atom is 0.242 e. The molecule has 118 valence electrons. The third kappa shape index (κ3) is 4.11. The minimum Gasteiger partial charge on any atom is -0.392 e. The quantitative estimate of drug-likeness (QED) is 0.873. The molecule has 4 nitrogen and oxygen atoms in total. The molecule has 1 fully saturated rings. The molecule has 0 spiro atoms. The predicted octanol–water partition coefficient (Wildman–Crippen LogP) is 3.34. The van der Waals surface area contributed by atoms with Crippen molar-refractivity contribution in [2.45, 2.75) is 50.2 Å². The second-order valence-electron chi connectivity index (χ2n) is 5.62. The van der Waals surface area contributed by atoms with Crippen molar-refractivity contribution in [2.24, 2.45) is 5.92 Å². The fraction of sp³-hybridized carbons (Fsp3) is 0.571. The van der Waals surface area contributed by atoms with Gasteiger partial charge in [0.2, 0.25) is 10.0 Å². The van der Waals surface area contributed by atoms with E-state index in [4.69, 9.17) is 23.2 Å². The van der Waals surface area contributed by atoms with Gasteiger partial charge in [-0.2, -0.15) is 0 Å². The van der Waals surface area contributed by atoms with Crippen LogP contribution in [0.25, 0.3) is 0 Å². The number of aliphatic hydroxyl groups is 1. The van der Waals surface area contributed by atoms with E-state index in [1.807, 2.05) is 0 Å². The number of benzene rings is 1. The minimum absolute atomic E-state index is 0.0316. The molecule has 2 N–H and O–H groups in total. The highest BCUT2D eigenvalue weighted by Gasteiger charge is 2.26. The van der Waals surface area contributed by atoms with Gasteiger partial charge in [0.1, 0.15) is 4.90 Å². The van der Waals surface area contributed by atoms with Crippen LogP contribution in [0.15, 0.2) is 17.0 Å². The van der Waals surface area contributed by atoms with E-state index in [2.05, 4.69) is 11.6 Å². The number of sulfonamides is 1. The van der Waals surface area contributed by atoms with Crippen LogP contribution in [0.1, 0.15) is 38.2 Å². The largest absolute Gasteiger partial charge is 0.392 e. The average Bonchev–Trinajstić information content (AvgIpc) is 2.37. The Morgan fingerprint density at radius 1 is 1.29 bits per heavy atom. The van der Waals surface area contributed by atoms with Gasteiger partial charge in [0, 0.05) is 11.1 Å². The molecule has 1 aliphatic carbocycles. The summed E-state index contributed by atoms with van der Waals surface area (Å²) in [4.78, 5) is -0.0316. The van der Waals surface area contributed by atoms with Gasteiger partial charge in [0.15, 0.2) is 0 Å². The standard InChI is InChI=1S/C14H19Cl2NO3S/c1-9-3-2-4-11(5-9)17-21(19,20)14-6-10(8-18)12(15)7-13(14)16/h6-7,9,11,17-18H,2-5,8H2,1H3. The van der Waals surface area contributed by atoms with Crippen LogP contribution >= 0.6 is 23.2 Å². The van der Waals surface area contributed by atoms with Crippen LogP contribution in [0, 0.1) is 5.92 Å². The summed E-state index contributed by atoms with van der Waals surface area (Å²) in [5.41, 5.74) is 0.346. The summed E-state index contributed by atoms with van der Waals surface area (Å²) in [6.07, 6.45) is 3.82. The zero-order valence-corrected chi connectivity index (χ0v) is 14.1. The maximum absolute atomic E-state index is 12.5. The van der Waals surface area contributed by atoms with E-state index >= 15 is 0 Å². The van der Waals surface area contributed by atoms with Crippen LogP contribution in [0.4, 0.5) is 0 Å². The van der Waals surface area contributed by atoms with Crippen LogP contribution in [-0.4, -0.2) is 19.6 Å². The van der Waals surface area contributed by atoms with E-state index in [-0.39, 0.29) is 27.6 Å². The summed E-state index contributed by atoms with van der Waals surface area (Å²) in [6, 6.07) is 2.62. The van der Waals surface area contributed by atoms with Gasteiger partial charge in [0.25, 0.3) is 0 Å². The third-order valence-electron chi connectivity index (χ3n) is 3.82. The normalized spacial score (nSPS) is 23.2. The number of hydrogen-bond donors (Lipinski definition) is 2. The van der Waals surface area contributed by atoms with E-state index in [1.54, 1.807) is 0 Å². The minimum atomic E-state index is -3.72. The molecule has 2 atom stereocenters. The molecular formula is C14H19Cl2NO3S. The summed E-state index contributed by atoms with van der Waals surface area (Å²) in [5, 5.41) is 9.53. The molecule has 0 bridgehead atoms. The molecular weight excluding hydrogens is 333 g/mol. The van der Waals surface area contributed by atoms with Gasteiger partial charge in [-0.25, -0.2) is 13.1 Å². The van der Waals surface area contributed by atoms with Gasteiger partial charge >= 0.3 is 0 Å². The summed E-state index contributed by atoms with van der Waals surface area (Å²) in [6.45, 7) is 1.79. The molecule has 0 radical (unpaired) electrons. The first-order chi connectivity index (χ1) is 9.83. The van der Waals surface area contributed by atoms with Crippen molar-refractivity contribution in [2.75, 3.05) is 0 Å². The molecule has 1 aromatic carbocycles. The van der Waals surface area contributed by atoms with Crippen LogP contribution in [0.5, 0.6) is 0 Å². The first kappa shape index (κ1) is 17.0. The summed E-state index contributed by atoms with van der Waals surface area (Å²) < 4.78 is 27.7. The number of aliphatic hydroxyl groups excluding tert-OH is 1. The second kappa shape index (κ2) is 6.84. The van der Waals surface area contributed by atoms with Gasteiger partial charge in [0.05, 0.1) is 11.6 Å². The monoisotopic (exact) mass is 351 g/mol. The number of hydrogen-bond acceptors (Lipinski definition) is 3. The van der Waals surface area contributed by atoms with Crippen molar-refractivity contribution in [1.29, 1.82) is 0 Å². The zero-order valence-electron chi connectivity index (χ0n) is 11.8. The topological polar surface area (TPSA) is 66.4 Å². The smallest absolute Gasteiger partial charge is 0.242 e. The molecule has 1 aromatic rings. The molecule has 2 unspecified atom stereocenters. The molecule has 0 amide bonds. The third-order valence-corrected chi connectivity index (χ3v) is 6.16. The van der Waals surface area contributed by atoms with Gasteiger partial charge in [-0.15, -0.1) is 0 Å². The highest BCUT2D eigenvalue weighted by molar-refractivity contribution is 7.89. The molecule has 1 aliphatic rings. The van der Waals surface area contributed by atoms with E-state index in [0.717, 1.165) is 25.7 Å². The van der Waals surface area contributed by atoms with Crippen molar-refractivity contribution in [3.63, 3.8) is 0 Å². The summed E-state index contributed by atoms with van der Waals surface area (Å²) in [5.74, 6) is 0.514. The van der Waals surface area contributed by atoms with Crippen molar-refractivity contribution in [3.8, 4) is 0 Å². The molecule has 2 rings (SSSR count). The SMILES string of the molecule is CC1CCCC(NS(=O)(=O)c2cc(CO)c(Cl)cc2Cl)C1.